The van der Waals surface area contributed by atoms with Crippen molar-refractivity contribution in [3.05, 3.63) is 71.3 Å². The molecule has 2 aromatic rings. The summed E-state index contributed by atoms with van der Waals surface area (Å²) in [5, 5.41) is 20.6. The molecule has 2 aromatic carbocycles. The van der Waals surface area contributed by atoms with Crippen molar-refractivity contribution in [3.8, 4) is 0 Å². The molecule has 1 saturated carbocycles. The fourth-order valence-corrected chi connectivity index (χ4v) is 6.32. The number of rotatable bonds is 9. The minimum absolute atomic E-state index is 0. The number of fused-ring (bicyclic) bond motifs is 1. The number of hydrogen-bond donors (Lipinski definition) is 5. The van der Waals surface area contributed by atoms with E-state index in [4.69, 9.17) is 11.1 Å². The second-order valence-corrected chi connectivity index (χ2v) is 11.5. The van der Waals surface area contributed by atoms with E-state index < -0.39 is 34.6 Å². The SMILES string of the molecule is Cl.N=C(N)c1ccc(CNC(=O)[C@@H]2C[C@H]3CC[C@@H](O)C[C@H]3N2C(=O)CNS(=O)(=O)Cc2ccccc2)cc1. The molecule has 6 N–H and O–H groups in total. The zero-order valence-electron chi connectivity index (χ0n) is 20.9. The molecule has 1 heterocycles. The average molecular weight is 564 g/mol. The Bertz CT molecular complexity index is 1240. The Morgan fingerprint density at radius 2 is 1.71 bits per heavy atom. The summed E-state index contributed by atoms with van der Waals surface area (Å²) in [6.45, 7) is -0.220. The Kier molecular flexibility index (Phi) is 9.88. The van der Waals surface area contributed by atoms with Crippen LogP contribution in [0.2, 0.25) is 0 Å². The molecule has 0 bridgehead atoms. The molecule has 0 radical (unpaired) electrons. The lowest BCUT2D eigenvalue weighted by molar-refractivity contribution is -0.140. The number of hydrogen-bond acceptors (Lipinski definition) is 6. The fourth-order valence-electron chi connectivity index (χ4n) is 5.24. The predicted molar refractivity (Wildman–Crippen MR) is 146 cm³/mol. The first-order chi connectivity index (χ1) is 17.6. The van der Waals surface area contributed by atoms with Crippen molar-refractivity contribution < 1.29 is 23.1 Å². The van der Waals surface area contributed by atoms with E-state index in [1.54, 1.807) is 54.6 Å². The molecule has 2 aliphatic rings. The van der Waals surface area contributed by atoms with Crippen molar-refractivity contribution in [2.75, 3.05) is 6.54 Å². The second-order valence-electron chi connectivity index (χ2n) is 9.74. The van der Waals surface area contributed by atoms with Crippen molar-refractivity contribution in [1.82, 2.24) is 14.9 Å². The highest BCUT2D eigenvalue weighted by molar-refractivity contribution is 7.88. The number of amidine groups is 1. The van der Waals surface area contributed by atoms with Crippen molar-refractivity contribution >= 4 is 40.1 Å². The monoisotopic (exact) mass is 563 g/mol. The standard InChI is InChI=1S/C26H33N5O5S.ClH/c27-25(28)19-8-6-17(7-9-19)14-29-26(34)23-12-20-10-11-21(32)13-22(20)31(23)24(33)15-30-37(35,36)16-18-4-2-1-3-5-18;/h1-9,20-23,30,32H,10-16H2,(H3,27,28)(H,29,34);1H/t20-,21-,22-,23+;/m1./s1. The van der Waals surface area contributed by atoms with Gasteiger partial charge in [-0.1, -0.05) is 54.6 Å². The van der Waals surface area contributed by atoms with Crippen LogP contribution in [-0.2, 0) is 31.9 Å². The van der Waals surface area contributed by atoms with Gasteiger partial charge in [0.2, 0.25) is 21.8 Å². The van der Waals surface area contributed by atoms with Crippen molar-refractivity contribution in [3.63, 3.8) is 0 Å². The number of aliphatic hydroxyl groups is 1. The summed E-state index contributed by atoms with van der Waals surface area (Å²) >= 11 is 0. The summed E-state index contributed by atoms with van der Waals surface area (Å²) in [4.78, 5) is 28.0. The Morgan fingerprint density at radius 1 is 1.03 bits per heavy atom. The van der Waals surface area contributed by atoms with Crippen LogP contribution in [0.25, 0.3) is 0 Å². The maximum absolute atomic E-state index is 13.3. The molecular formula is C26H34ClN5O5S. The van der Waals surface area contributed by atoms with Crippen molar-refractivity contribution in [2.45, 2.75) is 56.2 Å². The third-order valence-corrected chi connectivity index (χ3v) is 8.41. The molecule has 2 amide bonds. The van der Waals surface area contributed by atoms with Crippen LogP contribution in [0.4, 0.5) is 0 Å². The van der Waals surface area contributed by atoms with Crippen LogP contribution in [0, 0.1) is 11.3 Å². The van der Waals surface area contributed by atoms with E-state index in [9.17, 15) is 23.1 Å². The summed E-state index contributed by atoms with van der Waals surface area (Å²) in [5.74, 6) is -1.03. The minimum atomic E-state index is -3.76. The van der Waals surface area contributed by atoms with E-state index in [2.05, 4.69) is 10.0 Å². The Labute approximate surface area is 229 Å². The summed E-state index contributed by atoms with van der Waals surface area (Å²) < 4.78 is 27.5. The number of nitrogen functional groups attached to an aromatic ring is 1. The van der Waals surface area contributed by atoms with Gasteiger partial charge in [0.1, 0.15) is 11.9 Å². The van der Waals surface area contributed by atoms with Gasteiger partial charge in [0.05, 0.1) is 18.4 Å². The van der Waals surface area contributed by atoms with E-state index in [1.165, 1.54) is 4.90 Å². The highest BCUT2D eigenvalue weighted by atomic mass is 35.5. The number of nitrogens with zero attached hydrogens (tertiary/aromatic N) is 1. The van der Waals surface area contributed by atoms with E-state index in [0.29, 0.717) is 36.8 Å². The molecule has 1 aliphatic carbocycles. The largest absolute Gasteiger partial charge is 0.393 e. The van der Waals surface area contributed by atoms with Crippen LogP contribution < -0.4 is 15.8 Å². The summed E-state index contributed by atoms with van der Waals surface area (Å²) in [6.07, 6.45) is 1.58. The number of sulfonamides is 1. The fraction of sp³-hybridized carbons (Fsp3) is 0.423. The molecule has 0 aromatic heterocycles. The van der Waals surface area contributed by atoms with Gasteiger partial charge in [-0.2, -0.15) is 0 Å². The smallest absolute Gasteiger partial charge is 0.243 e. The van der Waals surface area contributed by atoms with Gasteiger partial charge in [0.15, 0.2) is 0 Å². The lowest BCUT2D eigenvalue weighted by Crippen LogP contribution is -2.53. The Hall–Kier alpha value is -2.99. The highest BCUT2D eigenvalue weighted by Crippen LogP contribution is 2.40. The summed E-state index contributed by atoms with van der Waals surface area (Å²) in [6, 6.07) is 14.6. The van der Waals surface area contributed by atoms with Gasteiger partial charge in [-0.25, -0.2) is 13.1 Å². The Balaban J connectivity index is 0.00000400. The molecule has 1 aliphatic heterocycles. The molecule has 38 heavy (non-hydrogen) atoms. The molecule has 0 unspecified atom stereocenters. The molecule has 0 spiro atoms. The lowest BCUT2D eigenvalue weighted by atomic mass is 9.83. The zero-order valence-corrected chi connectivity index (χ0v) is 22.5. The normalized spacial score (nSPS) is 22.7. The van der Waals surface area contributed by atoms with Gasteiger partial charge >= 0.3 is 0 Å². The number of likely N-dealkylation sites (tertiary alicyclic amines) is 1. The first kappa shape index (κ1) is 29.6. The van der Waals surface area contributed by atoms with Crippen LogP contribution in [0.3, 0.4) is 0 Å². The van der Waals surface area contributed by atoms with Crippen LogP contribution in [-0.4, -0.2) is 60.8 Å². The van der Waals surface area contributed by atoms with E-state index in [-0.39, 0.29) is 48.4 Å². The van der Waals surface area contributed by atoms with Crippen LogP contribution >= 0.6 is 12.4 Å². The summed E-state index contributed by atoms with van der Waals surface area (Å²) in [5.41, 5.74) is 7.49. The van der Waals surface area contributed by atoms with Crippen molar-refractivity contribution in [2.24, 2.45) is 11.7 Å². The summed E-state index contributed by atoms with van der Waals surface area (Å²) in [7, 11) is -3.76. The molecular weight excluding hydrogens is 530 g/mol. The van der Waals surface area contributed by atoms with Crippen molar-refractivity contribution in [1.29, 1.82) is 5.41 Å². The van der Waals surface area contributed by atoms with Gasteiger partial charge in [0.25, 0.3) is 0 Å². The van der Waals surface area contributed by atoms with Gasteiger partial charge in [0, 0.05) is 18.2 Å². The maximum atomic E-state index is 13.3. The number of amides is 2. The topological polar surface area (TPSA) is 166 Å². The van der Waals surface area contributed by atoms with E-state index >= 15 is 0 Å². The molecule has 2 fully saturated rings. The van der Waals surface area contributed by atoms with E-state index in [0.717, 1.165) is 5.56 Å². The Morgan fingerprint density at radius 3 is 2.37 bits per heavy atom. The number of halogens is 1. The minimum Gasteiger partial charge on any atom is -0.393 e. The van der Waals surface area contributed by atoms with Crippen LogP contribution in [0.5, 0.6) is 0 Å². The molecule has 1 saturated heterocycles. The number of nitrogens with one attached hydrogen (secondary N) is 3. The number of nitrogens with two attached hydrogens (primary N) is 1. The maximum Gasteiger partial charge on any atom is 0.243 e. The van der Waals surface area contributed by atoms with E-state index in [1.807, 2.05) is 0 Å². The molecule has 12 heteroatoms. The quantitative estimate of drug-likeness (QED) is 0.227. The van der Waals surface area contributed by atoms with Gasteiger partial charge in [-0.15, -0.1) is 12.4 Å². The number of aliphatic hydroxyl groups excluding tert-OH is 1. The lowest BCUT2D eigenvalue weighted by Gasteiger charge is -2.35. The molecule has 10 nitrogen and oxygen atoms in total. The van der Waals surface area contributed by atoms with Gasteiger partial charge in [-0.05, 0) is 42.7 Å². The number of carbonyl (C=O) groups excluding carboxylic acids is 2. The highest BCUT2D eigenvalue weighted by Gasteiger charge is 2.48. The second kappa shape index (κ2) is 12.7. The van der Waals surface area contributed by atoms with Gasteiger partial charge < -0.3 is 21.1 Å². The predicted octanol–water partition coefficient (Wildman–Crippen LogP) is 1.26. The third-order valence-electron chi connectivity index (χ3n) is 7.11. The molecule has 4 atom stereocenters. The average Bonchev–Trinajstić information content (AvgIpc) is 3.25. The van der Waals surface area contributed by atoms with Gasteiger partial charge in [-0.3, -0.25) is 15.0 Å². The van der Waals surface area contributed by atoms with Crippen LogP contribution in [0.15, 0.2) is 54.6 Å². The molecule has 206 valence electrons. The number of carbonyl (C=O) groups is 2. The first-order valence-corrected chi connectivity index (χ1v) is 14.0. The van der Waals surface area contributed by atoms with Crippen LogP contribution in [0.1, 0.15) is 42.4 Å². The number of benzene rings is 2. The third kappa shape index (κ3) is 7.31. The first-order valence-electron chi connectivity index (χ1n) is 12.3. The molecule has 4 rings (SSSR count). The zero-order chi connectivity index (χ0) is 26.6.